The van der Waals surface area contributed by atoms with Gasteiger partial charge in [-0.05, 0) is 43.4 Å². The Hall–Kier alpha value is -2.83. The fourth-order valence-corrected chi connectivity index (χ4v) is 2.22. The number of unbranched alkanes of at least 4 members (excludes halogenated alkanes) is 1. The number of nitrogens with one attached hydrogen (secondary N) is 1. The van der Waals surface area contributed by atoms with Gasteiger partial charge in [-0.2, -0.15) is 4.98 Å². The van der Waals surface area contributed by atoms with Crippen molar-refractivity contribution in [1.82, 2.24) is 9.97 Å². The number of aryl methyl sites for hydroxylation is 1. The number of aromatic amines is 1. The Bertz CT molecular complexity index is 724. The highest BCUT2D eigenvalue weighted by molar-refractivity contribution is 5.87. The molecule has 0 aliphatic heterocycles. The van der Waals surface area contributed by atoms with E-state index in [-0.39, 0.29) is 22.9 Å². The molecular formula is C17H24N4O3. The van der Waals surface area contributed by atoms with E-state index in [4.69, 9.17) is 16.6 Å². The summed E-state index contributed by atoms with van der Waals surface area (Å²) in [5.74, 6) is -0.742. The van der Waals surface area contributed by atoms with E-state index < -0.39 is 5.97 Å². The predicted octanol–water partition coefficient (Wildman–Crippen LogP) is 2.22. The molecule has 0 fully saturated rings. The number of nitrogens with zero attached hydrogens (tertiary/aromatic N) is 1. The number of hydrogen-bond acceptors (Lipinski definition) is 5. The third-order valence-corrected chi connectivity index (χ3v) is 3.41. The van der Waals surface area contributed by atoms with Crippen LogP contribution in [-0.2, 0) is 12.8 Å². The smallest absolute Gasteiger partial charge is 0.335 e. The van der Waals surface area contributed by atoms with Crippen LogP contribution in [0.3, 0.4) is 0 Å². The monoisotopic (exact) mass is 332 g/mol. The molecule has 24 heavy (non-hydrogen) atoms. The highest BCUT2D eigenvalue weighted by Crippen LogP contribution is 2.11. The van der Waals surface area contributed by atoms with E-state index >= 15 is 0 Å². The van der Waals surface area contributed by atoms with E-state index in [2.05, 4.69) is 9.97 Å². The van der Waals surface area contributed by atoms with Crippen LogP contribution in [-0.4, -0.2) is 21.0 Å². The maximum Gasteiger partial charge on any atom is 0.335 e. The van der Waals surface area contributed by atoms with E-state index in [1.54, 1.807) is 24.3 Å². The van der Waals surface area contributed by atoms with Gasteiger partial charge in [-0.1, -0.05) is 26.0 Å². The lowest BCUT2D eigenvalue weighted by Gasteiger charge is -2.05. The number of benzene rings is 1. The van der Waals surface area contributed by atoms with Gasteiger partial charge in [0.25, 0.3) is 5.56 Å². The summed E-state index contributed by atoms with van der Waals surface area (Å²) >= 11 is 0. The summed E-state index contributed by atoms with van der Waals surface area (Å²) < 4.78 is 0. The highest BCUT2D eigenvalue weighted by atomic mass is 16.4. The summed E-state index contributed by atoms with van der Waals surface area (Å²) in [4.78, 5) is 28.7. The molecule has 0 atom stereocenters. The minimum Gasteiger partial charge on any atom is -0.478 e. The maximum atomic E-state index is 11.7. The number of nitrogen functional groups attached to an aromatic ring is 2. The standard InChI is InChI=1S/C15H18N4O3.C2H6/c16-12-11(13(20)19-15(17)18-12)4-2-1-3-9-5-7-10(8-6-9)14(21)22;1-2/h5-8H,1-4H2,(H,21,22)(H5,16,17,18,19,20);1-2H3. The number of anilines is 2. The lowest BCUT2D eigenvalue weighted by molar-refractivity contribution is 0.0697. The van der Waals surface area contributed by atoms with E-state index in [1.807, 2.05) is 13.8 Å². The number of carboxylic acids is 1. The SMILES string of the molecule is CC.Nc1nc(N)c(CCCCc2ccc(C(=O)O)cc2)c(=O)[nH]1. The van der Waals surface area contributed by atoms with Crippen LogP contribution in [0.5, 0.6) is 0 Å². The number of nitrogens with two attached hydrogens (primary N) is 2. The topological polar surface area (TPSA) is 135 Å². The van der Waals surface area contributed by atoms with Crippen molar-refractivity contribution < 1.29 is 9.90 Å². The molecule has 2 aromatic rings. The molecule has 0 radical (unpaired) electrons. The van der Waals surface area contributed by atoms with Gasteiger partial charge >= 0.3 is 5.97 Å². The molecule has 0 aliphatic rings. The summed E-state index contributed by atoms with van der Waals surface area (Å²) in [6.45, 7) is 4.00. The molecule has 0 bridgehead atoms. The van der Waals surface area contributed by atoms with Crippen LogP contribution in [0.25, 0.3) is 0 Å². The first-order valence-corrected chi connectivity index (χ1v) is 7.93. The van der Waals surface area contributed by atoms with Crippen molar-refractivity contribution in [3.05, 3.63) is 51.3 Å². The minimum atomic E-state index is -0.933. The molecule has 7 nitrogen and oxygen atoms in total. The Balaban J connectivity index is 0.00000139. The average molecular weight is 332 g/mol. The normalized spacial score (nSPS) is 9.92. The first kappa shape index (κ1) is 19.2. The molecule has 1 heterocycles. The molecule has 2 rings (SSSR count). The molecular weight excluding hydrogens is 308 g/mol. The van der Waals surface area contributed by atoms with Crippen molar-refractivity contribution in [3.63, 3.8) is 0 Å². The second-order valence-corrected chi connectivity index (χ2v) is 5.02. The van der Waals surface area contributed by atoms with E-state index in [9.17, 15) is 9.59 Å². The Morgan fingerprint density at radius 2 is 1.71 bits per heavy atom. The Morgan fingerprint density at radius 1 is 1.12 bits per heavy atom. The van der Waals surface area contributed by atoms with E-state index in [0.29, 0.717) is 12.0 Å². The van der Waals surface area contributed by atoms with Crippen LogP contribution in [0.2, 0.25) is 0 Å². The van der Waals surface area contributed by atoms with Gasteiger partial charge < -0.3 is 16.6 Å². The number of hydrogen-bond donors (Lipinski definition) is 4. The molecule has 0 spiro atoms. The summed E-state index contributed by atoms with van der Waals surface area (Å²) in [5, 5.41) is 8.83. The highest BCUT2D eigenvalue weighted by Gasteiger charge is 2.07. The van der Waals surface area contributed by atoms with Crippen molar-refractivity contribution >= 4 is 17.7 Å². The number of rotatable bonds is 6. The second kappa shape index (κ2) is 9.34. The maximum absolute atomic E-state index is 11.7. The minimum absolute atomic E-state index is 0.0183. The molecule has 6 N–H and O–H groups in total. The van der Waals surface area contributed by atoms with Gasteiger partial charge in [0.1, 0.15) is 5.82 Å². The summed E-state index contributed by atoms with van der Waals surface area (Å²) in [7, 11) is 0. The fourth-order valence-electron chi connectivity index (χ4n) is 2.22. The quantitative estimate of drug-likeness (QED) is 0.599. The third-order valence-electron chi connectivity index (χ3n) is 3.41. The lowest BCUT2D eigenvalue weighted by Crippen LogP contribution is -2.19. The molecule has 1 aromatic carbocycles. The van der Waals surface area contributed by atoms with Crippen molar-refractivity contribution in [2.45, 2.75) is 39.5 Å². The van der Waals surface area contributed by atoms with Crippen LogP contribution < -0.4 is 17.0 Å². The van der Waals surface area contributed by atoms with Crippen molar-refractivity contribution in [2.24, 2.45) is 0 Å². The van der Waals surface area contributed by atoms with Gasteiger partial charge in [0.15, 0.2) is 0 Å². The Labute approximate surface area is 140 Å². The van der Waals surface area contributed by atoms with Crippen LogP contribution in [0.1, 0.15) is 48.2 Å². The molecule has 0 saturated heterocycles. The van der Waals surface area contributed by atoms with Crippen molar-refractivity contribution in [2.75, 3.05) is 11.5 Å². The van der Waals surface area contributed by atoms with Crippen LogP contribution in [0.15, 0.2) is 29.1 Å². The summed E-state index contributed by atoms with van der Waals surface area (Å²) in [6, 6.07) is 6.78. The number of H-pyrrole nitrogens is 1. The van der Waals surface area contributed by atoms with Crippen LogP contribution in [0.4, 0.5) is 11.8 Å². The zero-order chi connectivity index (χ0) is 18.1. The largest absolute Gasteiger partial charge is 0.478 e. The molecule has 0 unspecified atom stereocenters. The van der Waals surface area contributed by atoms with Gasteiger partial charge in [-0.15, -0.1) is 0 Å². The third kappa shape index (κ3) is 5.42. The zero-order valence-electron chi connectivity index (χ0n) is 14.0. The number of aromatic nitrogens is 2. The molecule has 0 saturated carbocycles. The van der Waals surface area contributed by atoms with Crippen molar-refractivity contribution in [1.29, 1.82) is 0 Å². The Kier molecular flexibility index (Phi) is 7.48. The number of carbonyl (C=O) groups is 1. The molecule has 130 valence electrons. The average Bonchev–Trinajstić information content (AvgIpc) is 2.55. The van der Waals surface area contributed by atoms with Crippen molar-refractivity contribution in [3.8, 4) is 0 Å². The predicted molar refractivity (Wildman–Crippen MR) is 95.1 cm³/mol. The first-order chi connectivity index (χ1) is 11.5. The molecule has 0 aliphatic carbocycles. The zero-order valence-corrected chi connectivity index (χ0v) is 14.0. The van der Waals surface area contributed by atoms with Gasteiger partial charge in [0.05, 0.1) is 11.1 Å². The first-order valence-electron chi connectivity index (χ1n) is 7.93. The van der Waals surface area contributed by atoms with Gasteiger partial charge in [-0.3, -0.25) is 9.78 Å². The molecule has 1 aromatic heterocycles. The van der Waals surface area contributed by atoms with Gasteiger partial charge in [0, 0.05) is 0 Å². The number of aromatic carboxylic acids is 1. The van der Waals surface area contributed by atoms with Crippen LogP contribution in [0, 0.1) is 0 Å². The van der Waals surface area contributed by atoms with E-state index in [1.165, 1.54) is 0 Å². The fraction of sp³-hybridized carbons (Fsp3) is 0.353. The molecule has 7 heteroatoms. The van der Waals surface area contributed by atoms with Crippen LogP contribution >= 0.6 is 0 Å². The van der Waals surface area contributed by atoms with E-state index in [0.717, 1.165) is 24.8 Å². The summed E-state index contributed by atoms with van der Waals surface area (Å²) in [6.07, 6.45) is 2.97. The second-order valence-electron chi connectivity index (χ2n) is 5.02. The number of carboxylic acid groups (broad SMARTS) is 1. The Morgan fingerprint density at radius 3 is 2.25 bits per heavy atom. The van der Waals surface area contributed by atoms with Gasteiger partial charge in [-0.25, -0.2) is 4.79 Å². The molecule has 0 amide bonds. The van der Waals surface area contributed by atoms with Gasteiger partial charge in [0.2, 0.25) is 5.95 Å². The lowest BCUT2D eigenvalue weighted by atomic mass is 10.0. The summed E-state index contributed by atoms with van der Waals surface area (Å²) in [5.41, 5.74) is 12.6.